The Balaban J connectivity index is 1.73. The number of piperazine rings is 1. The number of ether oxygens (including phenoxy) is 1. The number of hydrogen-bond donors (Lipinski definition) is 2. The zero-order valence-electron chi connectivity index (χ0n) is 11.5. The summed E-state index contributed by atoms with van der Waals surface area (Å²) < 4.78 is 5.49. The summed E-state index contributed by atoms with van der Waals surface area (Å²) in [5.41, 5.74) is 0. The Morgan fingerprint density at radius 3 is 2.78 bits per heavy atom. The topological polar surface area (TPSA) is 48.0 Å². The first-order valence-corrected chi connectivity index (χ1v) is 7.22. The van der Waals surface area contributed by atoms with Gasteiger partial charge in [-0.25, -0.2) is 0 Å². The normalized spacial score (nSPS) is 29.3. The lowest BCUT2D eigenvalue weighted by Gasteiger charge is -2.37. The van der Waals surface area contributed by atoms with Crippen molar-refractivity contribution in [3.05, 3.63) is 0 Å². The fourth-order valence-corrected chi connectivity index (χ4v) is 2.83. The minimum atomic E-state index is -0.241. The van der Waals surface area contributed by atoms with Gasteiger partial charge in [0.1, 0.15) is 0 Å². The van der Waals surface area contributed by atoms with E-state index in [1.54, 1.807) is 0 Å². The molecule has 2 aliphatic heterocycles. The Bertz CT molecular complexity index is 234. The first kappa shape index (κ1) is 14.2. The summed E-state index contributed by atoms with van der Waals surface area (Å²) in [5.74, 6) is 0. The Hall–Kier alpha value is -0.200. The van der Waals surface area contributed by atoms with Gasteiger partial charge in [0.05, 0.1) is 19.3 Å². The van der Waals surface area contributed by atoms with Crippen LogP contribution in [-0.2, 0) is 4.74 Å². The highest BCUT2D eigenvalue weighted by molar-refractivity contribution is 4.79. The van der Waals surface area contributed by atoms with E-state index in [1.165, 1.54) is 0 Å². The van der Waals surface area contributed by atoms with E-state index in [-0.39, 0.29) is 6.10 Å². The van der Waals surface area contributed by atoms with Crippen LogP contribution in [0.2, 0.25) is 0 Å². The van der Waals surface area contributed by atoms with E-state index in [1.807, 2.05) is 0 Å². The number of β-amino-alcohol motifs (C(OH)–C–C–N with tert-alkyl or cyclic N) is 1. The molecule has 106 valence electrons. The maximum Gasteiger partial charge on any atom is 0.0793 e. The minimum Gasteiger partial charge on any atom is -0.390 e. The van der Waals surface area contributed by atoms with Gasteiger partial charge in [-0.1, -0.05) is 6.92 Å². The molecule has 2 atom stereocenters. The van der Waals surface area contributed by atoms with Gasteiger partial charge in [0, 0.05) is 51.9 Å². The summed E-state index contributed by atoms with van der Waals surface area (Å²) in [7, 11) is 0. The number of hydrogen-bond acceptors (Lipinski definition) is 5. The molecule has 2 rings (SSSR count). The third-order valence-corrected chi connectivity index (χ3v) is 3.94. The average molecular weight is 257 g/mol. The Kier molecular flexibility index (Phi) is 5.85. The van der Waals surface area contributed by atoms with Crippen LogP contribution in [0.15, 0.2) is 0 Å². The molecule has 0 aliphatic carbocycles. The highest BCUT2D eigenvalue weighted by Crippen LogP contribution is 2.11. The number of nitrogens with zero attached hydrogens (tertiary/aromatic N) is 2. The monoisotopic (exact) mass is 257 g/mol. The molecule has 0 saturated carbocycles. The summed E-state index contributed by atoms with van der Waals surface area (Å²) in [5, 5.41) is 13.6. The van der Waals surface area contributed by atoms with Crippen molar-refractivity contribution in [1.29, 1.82) is 0 Å². The van der Waals surface area contributed by atoms with E-state index in [0.717, 1.165) is 65.4 Å². The van der Waals surface area contributed by atoms with Gasteiger partial charge < -0.3 is 15.2 Å². The maximum atomic E-state index is 10.2. The Labute approximate surface area is 110 Å². The van der Waals surface area contributed by atoms with Crippen LogP contribution in [0.4, 0.5) is 0 Å². The molecule has 5 nitrogen and oxygen atoms in total. The van der Waals surface area contributed by atoms with Crippen molar-refractivity contribution in [3.63, 3.8) is 0 Å². The second kappa shape index (κ2) is 7.40. The van der Waals surface area contributed by atoms with E-state index in [4.69, 9.17) is 4.74 Å². The first-order chi connectivity index (χ1) is 8.79. The summed E-state index contributed by atoms with van der Waals surface area (Å²) in [6.07, 6.45) is 0.857. The van der Waals surface area contributed by atoms with Crippen molar-refractivity contribution in [3.8, 4) is 0 Å². The summed E-state index contributed by atoms with van der Waals surface area (Å²) in [6, 6.07) is 0.483. The predicted molar refractivity (Wildman–Crippen MR) is 71.8 cm³/mol. The molecule has 2 N–H and O–H groups in total. The SMILES string of the molecule is CCC1COCCN1CC(O)CN1CCNCC1. The largest absolute Gasteiger partial charge is 0.390 e. The fourth-order valence-electron chi connectivity index (χ4n) is 2.83. The smallest absolute Gasteiger partial charge is 0.0793 e. The lowest BCUT2D eigenvalue weighted by molar-refractivity contribution is -0.0322. The van der Waals surface area contributed by atoms with Gasteiger partial charge in [-0.15, -0.1) is 0 Å². The van der Waals surface area contributed by atoms with Gasteiger partial charge in [0.2, 0.25) is 0 Å². The predicted octanol–water partition coefficient (Wildman–Crippen LogP) is -0.637. The van der Waals surface area contributed by atoms with Gasteiger partial charge in [0.15, 0.2) is 0 Å². The molecule has 0 radical (unpaired) electrons. The third-order valence-electron chi connectivity index (χ3n) is 3.94. The maximum absolute atomic E-state index is 10.2. The van der Waals surface area contributed by atoms with E-state index < -0.39 is 0 Å². The summed E-state index contributed by atoms with van der Waals surface area (Å²) >= 11 is 0. The molecular weight excluding hydrogens is 230 g/mol. The van der Waals surface area contributed by atoms with Crippen molar-refractivity contribution >= 4 is 0 Å². The van der Waals surface area contributed by atoms with Crippen LogP contribution in [0.1, 0.15) is 13.3 Å². The van der Waals surface area contributed by atoms with E-state index in [0.29, 0.717) is 6.04 Å². The molecule has 2 heterocycles. The molecule has 0 aromatic rings. The number of rotatable bonds is 5. The molecule has 0 aromatic heterocycles. The molecule has 0 amide bonds. The molecule has 5 heteroatoms. The number of aliphatic hydroxyl groups excluding tert-OH is 1. The molecule has 2 fully saturated rings. The van der Waals surface area contributed by atoms with Crippen molar-refractivity contribution in [1.82, 2.24) is 15.1 Å². The number of morpholine rings is 1. The molecular formula is C13H27N3O2. The second-order valence-electron chi connectivity index (χ2n) is 5.34. The van der Waals surface area contributed by atoms with Gasteiger partial charge in [-0.05, 0) is 6.42 Å². The summed E-state index contributed by atoms with van der Waals surface area (Å²) in [4.78, 5) is 4.74. The standard InChI is InChI=1S/C13H27N3O2/c1-2-12-11-18-8-7-16(12)10-13(17)9-15-5-3-14-4-6-15/h12-14,17H,2-11H2,1H3. The molecule has 2 saturated heterocycles. The summed E-state index contributed by atoms with van der Waals surface area (Å²) in [6.45, 7) is 10.5. The van der Waals surface area contributed by atoms with Gasteiger partial charge in [-0.3, -0.25) is 9.80 Å². The van der Waals surface area contributed by atoms with Crippen LogP contribution in [0.25, 0.3) is 0 Å². The zero-order chi connectivity index (χ0) is 12.8. The molecule has 2 unspecified atom stereocenters. The Morgan fingerprint density at radius 1 is 1.28 bits per heavy atom. The van der Waals surface area contributed by atoms with Gasteiger partial charge in [-0.2, -0.15) is 0 Å². The minimum absolute atomic E-state index is 0.241. The van der Waals surface area contributed by atoms with Gasteiger partial charge >= 0.3 is 0 Å². The van der Waals surface area contributed by atoms with Crippen molar-refractivity contribution in [2.45, 2.75) is 25.5 Å². The lowest BCUT2D eigenvalue weighted by atomic mass is 10.1. The van der Waals surface area contributed by atoms with Crippen molar-refractivity contribution in [2.24, 2.45) is 0 Å². The first-order valence-electron chi connectivity index (χ1n) is 7.22. The average Bonchev–Trinajstić information content (AvgIpc) is 2.40. The van der Waals surface area contributed by atoms with E-state index >= 15 is 0 Å². The van der Waals surface area contributed by atoms with Crippen LogP contribution in [0.3, 0.4) is 0 Å². The van der Waals surface area contributed by atoms with Crippen LogP contribution < -0.4 is 5.32 Å². The van der Waals surface area contributed by atoms with Crippen LogP contribution in [-0.4, -0.2) is 86.1 Å². The van der Waals surface area contributed by atoms with E-state index in [2.05, 4.69) is 22.0 Å². The lowest BCUT2D eigenvalue weighted by Crippen LogP contribution is -2.52. The fraction of sp³-hybridized carbons (Fsp3) is 1.00. The quantitative estimate of drug-likeness (QED) is 0.686. The second-order valence-corrected chi connectivity index (χ2v) is 5.34. The van der Waals surface area contributed by atoms with Gasteiger partial charge in [0.25, 0.3) is 0 Å². The van der Waals surface area contributed by atoms with E-state index in [9.17, 15) is 5.11 Å². The van der Waals surface area contributed by atoms with Crippen LogP contribution in [0, 0.1) is 0 Å². The van der Waals surface area contributed by atoms with Crippen LogP contribution in [0.5, 0.6) is 0 Å². The third kappa shape index (κ3) is 4.17. The zero-order valence-corrected chi connectivity index (χ0v) is 11.5. The number of nitrogens with one attached hydrogen (secondary N) is 1. The highest BCUT2D eigenvalue weighted by atomic mass is 16.5. The molecule has 0 spiro atoms. The van der Waals surface area contributed by atoms with Crippen molar-refractivity contribution in [2.75, 3.05) is 59.0 Å². The molecule has 2 aliphatic rings. The highest BCUT2D eigenvalue weighted by Gasteiger charge is 2.24. The number of aliphatic hydroxyl groups is 1. The Morgan fingerprint density at radius 2 is 2.06 bits per heavy atom. The molecule has 18 heavy (non-hydrogen) atoms. The van der Waals surface area contributed by atoms with Crippen molar-refractivity contribution < 1.29 is 9.84 Å². The molecule has 0 bridgehead atoms. The van der Waals surface area contributed by atoms with Crippen LogP contribution >= 0.6 is 0 Å². The molecule has 0 aromatic carbocycles.